The fourth-order valence-corrected chi connectivity index (χ4v) is 4.88. The number of benzene rings is 1. The van der Waals surface area contributed by atoms with Gasteiger partial charge in [-0.05, 0) is 90.1 Å². The van der Waals surface area contributed by atoms with Crippen molar-refractivity contribution in [2.75, 3.05) is 52.7 Å². The zero-order chi connectivity index (χ0) is 39.5. The second-order valence-corrected chi connectivity index (χ2v) is 14.7. The number of carbonyl (C=O) groups excluding carboxylic acids is 5. The summed E-state index contributed by atoms with van der Waals surface area (Å²) in [4.78, 5) is 67.1. The molecule has 15 nitrogen and oxygen atoms in total. The van der Waals surface area contributed by atoms with Crippen LogP contribution in [0.15, 0.2) is 24.3 Å². The summed E-state index contributed by atoms with van der Waals surface area (Å²) in [6.07, 6.45) is 2.95. The van der Waals surface area contributed by atoms with Crippen molar-refractivity contribution in [2.24, 2.45) is 17.4 Å². The molecule has 0 saturated carbocycles. The van der Waals surface area contributed by atoms with Crippen LogP contribution in [-0.2, 0) is 30.5 Å². The number of ether oxygens (including phenoxy) is 2. The minimum Gasteiger partial charge on any atom is -0.445 e. The largest absolute Gasteiger partial charge is 0.445 e. The average molecular weight is 735 g/mol. The molecule has 0 bridgehead atoms. The molecular formula is C37H66N8O7. The van der Waals surface area contributed by atoms with Crippen molar-refractivity contribution in [1.29, 1.82) is 0 Å². The number of primary amides is 1. The number of urea groups is 1. The van der Waals surface area contributed by atoms with Crippen LogP contribution in [0, 0.1) is 5.92 Å². The first-order valence-corrected chi connectivity index (χ1v) is 18.3. The van der Waals surface area contributed by atoms with E-state index in [1.165, 1.54) is 4.90 Å². The van der Waals surface area contributed by atoms with Crippen LogP contribution in [0.4, 0.5) is 15.3 Å². The van der Waals surface area contributed by atoms with E-state index in [1.54, 1.807) is 31.3 Å². The molecule has 4 unspecified atom stereocenters. The van der Waals surface area contributed by atoms with Gasteiger partial charge in [0.25, 0.3) is 0 Å². The van der Waals surface area contributed by atoms with Crippen molar-refractivity contribution in [3.8, 4) is 0 Å². The summed E-state index contributed by atoms with van der Waals surface area (Å²) in [5, 5.41) is 11.0. The lowest BCUT2D eigenvalue weighted by Gasteiger charge is -2.31. The summed E-state index contributed by atoms with van der Waals surface area (Å²) in [7, 11) is 5.52. The SMILES string of the molecule is CCC(C)(N)CCOC(C)(CC)CCC(=O)NC(C(=O)NC(CCCNC(N)=O)C(=O)Nc1ccc(COC(=O)N(C)CCN(C)C)cc1)C(C)C. The third-order valence-electron chi connectivity index (χ3n) is 9.21. The number of hydrogen-bond donors (Lipinski definition) is 6. The van der Waals surface area contributed by atoms with E-state index in [-0.39, 0.29) is 43.4 Å². The number of amides is 6. The molecule has 0 aliphatic carbocycles. The minimum atomic E-state index is -0.980. The van der Waals surface area contributed by atoms with Gasteiger partial charge in [0.05, 0.1) is 5.60 Å². The van der Waals surface area contributed by atoms with Crippen molar-refractivity contribution >= 4 is 35.5 Å². The highest BCUT2D eigenvalue weighted by Gasteiger charge is 2.30. The third-order valence-corrected chi connectivity index (χ3v) is 9.21. The van der Waals surface area contributed by atoms with Gasteiger partial charge in [-0.15, -0.1) is 0 Å². The Morgan fingerprint density at radius 1 is 0.904 bits per heavy atom. The first kappa shape index (κ1) is 46.1. The molecule has 0 aromatic heterocycles. The lowest BCUT2D eigenvalue weighted by molar-refractivity contribution is -0.132. The van der Waals surface area contributed by atoms with Crippen molar-refractivity contribution in [2.45, 2.75) is 116 Å². The third kappa shape index (κ3) is 18.5. The Hall–Kier alpha value is -3.95. The van der Waals surface area contributed by atoms with Gasteiger partial charge in [0.15, 0.2) is 0 Å². The molecule has 0 heterocycles. The van der Waals surface area contributed by atoms with Crippen LogP contribution < -0.4 is 32.7 Å². The van der Waals surface area contributed by atoms with Crippen molar-refractivity contribution in [1.82, 2.24) is 25.8 Å². The van der Waals surface area contributed by atoms with Crippen LogP contribution in [0.3, 0.4) is 0 Å². The number of carbonyl (C=O) groups is 5. The summed E-state index contributed by atoms with van der Waals surface area (Å²) in [6.45, 7) is 13.6. The van der Waals surface area contributed by atoms with Gasteiger partial charge in [-0.25, -0.2) is 9.59 Å². The Bertz CT molecular complexity index is 1280. The zero-order valence-corrected chi connectivity index (χ0v) is 32.9. The second-order valence-electron chi connectivity index (χ2n) is 14.7. The van der Waals surface area contributed by atoms with E-state index in [9.17, 15) is 24.0 Å². The van der Waals surface area contributed by atoms with Gasteiger partial charge in [-0.2, -0.15) is 0 Å². The molecule has 1 aromatic rings. The highest BCUT2D eigenvalue weighted by molar-refractivity contribution is 5.98. The number of rotatable bonds is 24. The van der Waals surface area contributed by atoms with Crippen molar-refractivity contribution in [3.05, 3.63) is 29.8 Å². The number of nitrogens with two attached hydrogens (primary N) is 2. The summed E-state index contributed by atoms with van der Waals surface area (Å²) >= 11 is 0. The molecule has 0 spiro atoms. The highest BCUT2D eigenvalue weighted by atomic mass is 16.6. The van der Waals surface area contributed by atoms with E-state index in [2.05, 4.69) is 21.3 Å². The molecule has 0 aliphatic heterocycles. The molecule has 1 aromatic carbocycles. The standard InChI is InChI=1S/C37H66N8O7/c1-10-36(5,39)20-24-52-37(6,11-2)19-18-30(46)43-31(26(3)4)33(48)42-29(13-12-21-40-34(38)49)32(47)41-28-16-14-27(15-17-28)25-51-35(50)45(9)23-22-44(7)8/h14-17,26,29,31H,10-13,18-25,39H2,1-9H3,(H,41,47)(H,42,48)(H,43,46)(H3,38,40,49). The summed E-state index contributed by atoms with van der Waals surface area (Å²) in [5.74, 6) is -1.55. The van der Waals surface area contributed by atoms with Crippen LogP contribution in [0.1, 0.15) is 92.1 Å². The van der Waals surface area contributed by atoms with Crippen LogP contribution in [0.2, 0.25) is 0 Å². The Morgan fingerprint density at radius 2 is 1.56 bits per heavy atom. The second kappa shape index (κ2) is 22.9. The maximum Gasteiger partial charge on any atom is 0.409 e. The Morgan fingerprint density at radius 3 is 2.12 bits per heavy atom. The monoisotopic (exact) mass is 735 g/mol. The Balaban J connectivity index is 2.90. The predicted molar refractivity (Wildman–Crippen MR) is 203 cm³/mol. The molecule has 296 valence electrons. The van der Waals surface area contributed by atoms with Crippen molar-refractivity contribution < 1.29 is 33.4 Å². The molecule has 0 saturated heterocycles. The Labute approximate surface area is 310 Å². The fraction of sp³-hybridized carbons (Fsp3) is 0.703. The maximum absolute atomic E-state index is 13.6. The van der Waals surface area contributed by atoms with Crippen molar-refractivity contribution in [3.63, 3.8) is 0 Å². The summed E-state index contributed by atoms with van der Waals surface area (Å²) < 4.78 is 11.6. The van der Waals surface area contributed by atoms with Gasteiger partial charge in [0.2, 0.25) is 17.7 Å². The van der Waals surface area contributed by atoms with Gasteiger partial charge >= 0.3 is 12.1 Å². The van der Waals surface area contributed by atoms with E-state index >= 15 is 0 Å². The predicted octanol–water partition coefficient (Wildman–Crippen LogP) is 3.31. The zero-order valence-electron chi connectivity index (χ0n) is 32.9. The number of nitrogens with one attached hydrogen (secondary N) is 4. The number of likely N-dealkylation sites (N-methyl/N-ethyl adjacent to an activating group) is 2. The lowest BCUT2D eigenvalue weighted by atomic mass is 9.94. The molecular weight excluding hydrogens is 668 g/mol. The molecule has 1 rings (SSSR count). The minimum absolute atomic E-state index is 0.0602. The summed E-state index contributed by atoms with van der Waals surface area (Å²) in [5.41, 5.74) is 11.8. The van der Waals surface area contributed by atoms with Crippen LogP contribution in [0.5, 0.6) is 0 Å². The van der Waals surface area contributed by atoms with E-state index < -0.39 is 41.6 Å². The van der Waals surface area contributed by atoms with E-state index in [1.807, 2.05) is 60.5 Å². The molecule has 0 aliphatic rings. The van der Waals surface area contributed by atoms with Crippen LogP contribution in [-0.4, -0.2) is 110 Å². The number of nitrogens with zero attached hydrogens (tertiary/aromatic N) is 2. The lowest BCUT2D eigenvalue weighted by Crippen LogP contribution is -2.54. The number of hydrogen-bond acceptors (Lipinski definition) is 9. The normalized spacial score (nSPS) is 14.8. The van der Waals surface area contributed by atoms with E-state index in [0.717, 1.165) is 12.0 Å². The van der Waals surface area contributed by atoms with E-state index in [4.69, 9.17) is 20.9 Å². The average Bonchev–Trinajstić information content (AvgIpc) is 3.08. The summed E-state index contributed by atoms with van der Waals surface area (Å²) in [6, 6.07) is 4.24. The van der Waals surface area contributed by atoms with Gasteiger partial charge in [-0.1, -0.05) is 39.8 Å². The molecule has 15 heteroatoms. The molecule has 4 atom stereocenters. The van der Waals surface area contributed by atoms with Crippen LogP contribution >= 0.6 is 0 Å². The van der Waals surface area contributed by atoms with Gasteiger partial charge < -0.3 is 52.0 Å². The number of anilines is 1. The molecule has 52 heavy (non-hydrogen) atoms. The first-order chi connectivity index (χ1) is 24.3. The van der Waals surface area contributed by atoms with Crippen LogP contribution in [0.25, 0.3) is 0 Å². The van der Waals surface area contributed by atoms with Gasteiger partial charge in [0, 0.05) is 50.9 Å². The first-order valence-electron chi connectivity index (χ1n) is 18.3. The molecule has 0 radical (unpaired) electrons. The smallest absolute Gasteiger partial charge is 0.409 e. The Kier molecular flexibility index (Phi) is 20.3. The van der Waals surface area contributed by atoms with E-state index in [0.29, 0.717) is 51.1 Å². The van der Waals surface area contributed by atoms with Gasteiger partial charge in [-0.3, -0.25) is 14.4 Å². The molecule has 0 fully saturated rings. The quantitative estimate of drug-likeness (QED) is 0.0860. The molecule has 6 amide bonds. The highest BCUT2D eigenvalue weighted by Crippen LogP contribution is 2.24. The maximum atomic E-state index is 13.6. The van der Waals surface area contributed by atoms with Gasteiger partial charge in [0.1, 0.15) is 18.7 Å². The topological polar surface area (TPSA) is 210 Å². The molecule has 8 N–H and O–H groups in total. The fourth-order valence-electron chi connectivity index (χ4n) is 4.88.